The summed E-state index contributed by atoms with van der Waals surface area (Å²) in [5, 5.41) is 9.19. The Bertz CT molecular complexity index is 433. The van der Waals surface area contributed by atoms with Crippen LogP contribution in [0, 0.1) is 0 Å². The van der Waals surface area contributed by atoms with Crippen LogP contribution in [0.5, 0.6) is 0 Å². The van der Waals surface area contributed by atoms with Crippen LogP contribution in [-0.2, 0) is 6.42 Å². The van der Waals surface area contributed by atoms with Gasteiger partial charge in [-0.25, -0.2) is 4.79 Å². The minimum Gasteiger partial charge on any atom is -0.465 e. The fourth-order valence-corrected chi connectivity index (χ4v) is 3.01. The largest absolute Gasteiger partial charge is 0.465 e. The molecule has 86 valence electrons. The molecule has 1 amide bonds. The van der Waals surface area contributed by atoms with E-state index < -0.39 is 6.09 Å². The molecule has 0 saturated carbocycles. The van der Waals surface area contributed by atoms with Gasteiger partial charge in [-0.2, -0.15) is 0 Å². The summed E-state index contributed by atoms with van der Waals surface area (Å²) in [5.41, 5.74) is 2.34. The highest BCUT2D eigenvalue weighted by atomic mass is 79.9. The molecule has 16 heavy (non-hydrogen) atoms. The first-order valence-electron chi connectivity index (χ1n) is 5.31. The van der Waals surface area contributed by atoms with Crippen LogP contribution in [0.3, 0.4) is 0 Å². The summed E-state index contributed by atoms with van der Waals surface area (Å²) in [6.07, 6.45) is -0.0708. The van der Waals surface area contributed by atoms with Crippen LogP contribution in [0.15, 0.2) is 22.7 Å². The lowest BCUT2D eigenvalue weighted by Gasteiger charge is -2.38. The van der Waals surface area contributed by atoms with E-state index in [-0.39, 0.29) is 12.1 Å². The van der Waals surface area contributed by atoms with Crippen LogP contribution in [-0.4, -0.2) is 22.1 Å². The van der Waals surface area contributed by atoms with Crippen molar-refractivity contribution in [1.29, 1.82) is 0 Å². The van der Waals surface area contributed by atoms with Gasteiger partial charge in [-0.15, -0.1) is 0 Å². The molecule has 2 atom stereocenters. The number of carboxylic acid groups (broad SMARTS) is 1. The van der Waals surface area contributed by atoms with Gasteiger partial charge in [0.05, 0.1) is 6.04 Å². The van der Waals surface area contributed by atoms with Crippen LogP contribution < -0.4 is 0 Å². The second-order valence-electron chi connectivity index (χ2n) is 4.23. The molecule has 0 aliphatic carbocycles. The van der Waals surface area contributed by atoms with Gasteiger partial charge in [0.25, 0.3) is 0 Å². The van der Waals surface area contributed by atoms with E-state index in [0.717, 1.165) is 16.5 Å². The molecule has 2 rings (SSSR count). The lowest BCUT2D eigenvalue weighted by Crippen LogP contribution is -2.44. The van der Waals surface area contributed by atoms with Crippen molar-refractivity contribution < 1.29 is 9.90 Å². The van der Waals surface area contributed by atoms with Crippen LogP contribution in [0.2, 0.25) is 0 Å². The maximum Gasteiger partial charge on any atom is 0.408 e. The first-order valence-corrected chi connectivity index (χ1v) is 6.10. The van der Waals surface area contributed by atoms with E-state index in [9.17, 15) is 9.90 Å². The van der Waals surface area contributed by atoms with Gasteiger partial charge in [0.1, 0.15) is 0 Å². The fraction of sp³-hybridized carbons (Fsp3) is 0.417. The highest BCUT2D eigenvalue weighted by molar-refractivity contribution is 9.10. The van der Waals surface area contributed by atoms with Crippen molar-refractivity contribution >= 4 is 22.0 Å². The Kier molecular flexibility index (Phi) is 2.93. The summed E-state index contributed by atoms with van der Waals surface area (Å²) in [6, 6.07) is 5.92. The van der Waals surface area contributed by atoms with Crippen molar-refractivity contribution in [2.45, 2.75) is 32.4 Å². The third kappa shape index (κ3) is 1.71. The monoisotopic (exact) mass is 283 g/mol. The van der Waals surface area contributed by atoms with Crippen molar-refractivity contribution in [2.24, 2.45) is 0 Å². The quantitative estimate of drug-likeness (QED) is 0.792. The van der Waals surface area contributed by atoms with Gasteiger partial charge in [-0.05, 0) is 37.5 Å². The van der Waals surface area contributed by atoms with Crippen molar-refractivity contribution in [3.63, 3.8) is 0 Å². The zero-order valence-corrected chi connectivity index (χ0v) is 10.9. The minimum atomic E-state index is -0.842. The van der Waals surface area contributed by atoms with Crippen LogP contribution >= 0.6 is 15.9 Å². The van der Waals surface area contributed by atoms with E-state index in [4.69, 9.17) is 0 Å². The maximum absolute atomic E-state index is 11.2. The molecule has 1 aliphatic rings. The summed E-state index contributed by atoms with van der Waals surface area (Å²) in [5.74, 6) is 0. The van der Waals surface area contributed by atoms with Crippen LogP contribution in [0.25, 0.3) is 0 Å². The molecular weight excluding hydrogens is 270 g/mol. The summed E-state index contributed by atoms with van der Waals surface area (Å²) >= 11 is 3.53. The van der Waals surface area contributed by atoms with Gasteiger partial charge in [-0.1, -0.05) is 28.1 Å². The first kappa shape index (κ1) is 11.5. The Morgan fingerprint density at radius 2 is 2.19 bits per heavy atom. The molecule has 0 spiro atoms. The second-order valence-corrected chi connectivity index (χ2v) is 5.08. The molecule has 0 unspecified atom stereocenters. The predicted molar refractivity (Wildman–Crippen MR) is 65.6 cm³/mol. The third-order valence-corrected chi connectivity index (χ3v) is 3.96. The molecule has 1 N–H and O–H groups in total. The summed E-state index contributed by atoms with van der Waals surface area (Å²) in [4.78, 5) is 12.7. The normalized spacial score (nSPS) is 24.1. The van der Waals surface area contributed by atoms with E-state index in [1.54, 1.807) is 0 Å². The fourth-order valence-electron chi connectivity index (χ4n) is 2.46. The molecule has 1 aromatic carbocycles. The first-order chi connectivity index (χ1) is 7.52. The van der Waals surface area contributed by atoms with Gasteiger partial charge >= 0.3 is 6.09 Å². The number of hydrogen-bond donors (Lipinski definition) is 1. The van der Waals surface area contributed by atoms with E-state index in [1.165, 1.54) is 10.5 Å². The number of benzene rings is 1. The standard InChI is InChI=1S/C12H14BrNO2/c1-7-6-10-9(4-3-5-11(10)13)8(2)14(7)12(15)16/h3-5,7-8H,6H2,1-2H3,(H,15,16)/t7-,8-/m0/s1. The lowest BCUT2D eigenvalue weighted by atomic mass is 9.90. The summed E-state index contributed by atoms with van der Waals surface area (Å²) in [6.45, 7) is 3.89. The number of carbonyl (C=O) groups is 1. The Balaban J connectivity index is 2.49. The van der Waals surface area contributed by atoms with Gasteiger partial charge in [0.15, 0.2) is 0 Å². The average Bonchev–Trinajstić information content (AvgIpc) is 2.19. The lowest BCUT2D eigenvalue weighted by molar-refractivity contribution is 0.100. The number of rotatable bonds is 0. The van der Waals surface area contributed by atoms with Crippen LogP contribution in [0.1, 0.15) is 31.0 Å². The molecule has 0 radical (unpaired) electrons. The molecule has 1 aliphatic heterocycles. The number of halogens is 1. The van der Waals surface area contributed by atoms with Gasteiger partial charge in [0.2, 0.25) is 0 Å². The number of nitrogens with zero attached hydrogens (tertiary/aromatic N) is 1. The zero-order chi connectivity index (χ0) is 11.9. The Hall–Kier alpha value is -1.03. The minimum absolute atomic E-state index is 0.0266. The van der Waals surface area contributed by atoms with E-state index in [0.29, 0.717) is 0 Å². The molecular formula is C12H14BrNO2. The highest BCUT2D eigenvalue weighted by Crippen LogP contribution is 2.36. The van der Waals surface area contributed by atoms with E-state index in [2.05, 4.69) is 15.9 Å². The third-order valence-electron chi connectivity index (χ3n) is 3.22. The van der Waals surface area contributed by atoms with Gasteiger partial charge in [0, 0.05) is 10.5 Å². The molecule has 4 heteroatoms. The topological polar surface area (TPSA) is 40.5 Å². The van der Waals surface area contributed by atoms with Crippen LogP contribution in [0.4, 0.5) is 4.79 Å². The molecule has 1 heterocycles. The average molecular weight is 284 g/mol. The molecule has 0 bridgehead atoms. The molecule has 0 aromatic heterocycles. The predicted octanol–water partition coefficient (Wildman–Crippen LogP) is 3.43. The van der Waals surface area contributed by atoms with Crippen molar-refractivity contribution in [3.8, 4) is 0 Å². The molecule has 0 saturated heterocycles. The van der Waals surface area contributed by atoms with Crippen molar-refractivity contribution in [1.82, 2.24) is 4.90 Å². The van der Waals surface area contributed by atoms with Crippen molar-refractivity contribution in [3.05, 3.63) is 33.8 Å². The number of amides is 1. The van der Waals surface area contributed by atoms with E-state index in [1.807, 2.05) is 32.0 Å². The second kappa shape index (κ2) is 4.09. The smallest absolute Gasteiger partial charge is 0.408 e. The maximum atomic E-state index is 11.2. The number of fused-ring (bicyclic) bond motifs is 1. The SMILES string of the molecule is C[C@H]1Cc2c(Br)cccc2[C@H](C)N1C(=O)O. The molecule has 3 nitrogen and oxygen atoms in total. The Labute approximate surface area is 103 Å². The summed E-state index contributed by atoms with van der Waals surface area (Å²) in [7, 11) is 0. The van der Waals surface area contributed by atoms with E-state index >= 15 is 0 Å². The molecule has 0 fully saturated rings. The highest BCUT2D eigenvalue weighted by Gasteiger charge is 2.33. The Morgan fingerprint density at radius 1 is 1.50 bits per heavy atom. The summed E-state index contributed by atoms with van der Waals surface area (Å²) < 4.78 is 1.08. The van der Waals surface area contributed by atoms with Crippen molar-refractivity contribution in [2.75, 3.05) is 0 Å². The zero-order valence-electron chi connectivity index (χ0n) is 9.27. The van der Waals surface area contributed by atoms with Gasteiger partial charge in [-0.3, -0.25) is 4.90 Å². The number of hydrogen-bond acceptors (Lipinski definition) is 1. The molecule has 1 aromatic rings. The van der Waals surface area contributed by atoms with Gasteiger partial charge < -0.3 is 5.11 Å². The Morgan fingerprint density at radius 3 is 2.81 bits per heavy atom.